The summed E-state index contributed by atoms with van der Waals surface area (Å²) in [4.78, 5) is 29.3. The van der Waals surface area contributed by atoms with Crippen molar-refractivity contribution in [2.24, 2.45) is 0 Å². The highest BCUT2D eigenvalue weighted by molar-refractivity contribution is 7.22. The molecule has 6 nitrogen and oxygen atoms in total. The quantitative estimate of drug-likeness (QED) is 0.559. The number of hydrogen-bond donors (Lipinski definition) is 2. The molecule has 0 bridgehead atoms. The Morgan fingerprint density at radius 1 is 1.26 bits per heavy atom. The summed E-state index contributed by atoms with van der Waals surface area (Å²) in [5.41, 5.74) is 2.94. The summed E-state index contributed by atoms with van der Waals surface area (Å²) >= 11 is 1.45. The lowest BCUT2D eigenvalue weighted by molar-refractivity contribution is 0.0919. The highest BCUT2D eigenvalue weighted by Crippen LogP contribution is 2.29. The van der Waals surface area contributed by atoms with Crippen LogP contribution in [0.1, 0.15) is 33.8 Å². The summed E-state index contributed by atoms with van der Waals surface area (Å²) in [5, 5.41) is 7.29. The van der Waals surface area contributed by atoms with Crippen LogP contribution in [0.5, 0.6) is 0 Å². The fraction of sp³-hybridized carbons (Fsp3) is 0.150. The van der Waals surface area contributed by atoms with E-state index in [2.05, 4.69) is 22.5 Å². The number of rotatable bonds is 2. The Balaban J connectivity index is 1.51. The molecule has 2 N–H and O–H groups in total. The average Bonchev–Trinajstić information content (AvgIpc) is 3.25. The molecule has 5 rings (SSSR count). The summed E-state index contributed by atoms with van der Waals surface area (Å²) in [5.74, 6) is -0.288. The molecule has 1 aliphatic rings. The van der Waals surface area contributed by atoms with Crippen LogP contribution in [0.4, 0.5) is 5.13 Å². The van der Waals surface area contributed by atoms with Gasteiger partial charge in [0.15, 0.2) is 5.13 Å². The molecule has 0 saturated heterocycles. The van der Waals surface area contributed by atoms with Crippen LogP contribution in [0.2, 0.25) is 0 Å². The molecule has 4 aromatic rings. The zero-order valence-corrected chi connectivity index (χ0v) is 15.3. The van der Waals surface area contributed by atoms with Gasteiger partial charge in [0, 0.05) is 29.1 Å². The number of aromatic nitrogens is 2. The number of para-hydroxylation sites is 1. The lowest BCUT2D eigenvalue weighted by Gasteiger charge is -2.24. The number of amides is 2. The van der Waals surface area contributed by atoms with Gasteiger partial charge < -0.3 is 9.88 Å². The van der Waals surface area contributed by atoms with Crippen LogP contribution >= 0.6 is 11.3 Å². The summed E-state index contributed by atoms with van der Waals surface area (Å²) in [7, 11) is 0. The maximum absolute atomic E-state index is 12.7. The molecular weight excluding hydrogens is 360 g/mol. The Bertz CT molecular complexity index is 1190. The molecule has 134 valence electrons. The number of carbonyl (C=O) groups is 2. The standard InChI is InChI=1S/C20H16N4O2S/c1-11-10-21-19(26)16-8-12-6-7-13(9-15(12)24(11)16)18(25)23-20-22-14-4-2-3-5-17(14)27-20/h2-9,11H,10H2,1H3,(H,21,26)(H,22,23,25). The third-order valence-electron chi connectivity index (χ3n) is 4.85. The van der Waals surface area contributed by atoms with Crippen LogP contribution in [-0.2, 0) is 0 Å². The molecule has 27 heavy (non-hydrogen) atoms. The fourth-order valence-electron chi connectivity index (χ4n) is 3.53. The van der Waals surface area contributed by atoms with Crippen molar-refractivity contribution in [2.45, 2.75) is 13.0 Å². The first-order valence-electron chi connectivity index (χ1n) is 8.70. The fourth-order valence-corrected chi connectivity index (χ4v) is 4.39. The Morgan fingerprint density at radius 3 is 2.96 bits per heavy atom. The second-order valence-electron chi connectivity index (χ2n) is 6.67. The first kappa shape index (κ1) is 16.0. The lowest BCUT2D eigenvalue weighted by Crippen LogP contribution is -2.37. The molecule has 0 saturated carbocycles. The summed E-state index contributed by atoms with van der Waals surface area (Å²) in [6, 6.07) is 15.3. The molecule has 2 aromatic heterocycles. The molecule has 0 aliphatic carbocycles. The molecule has 1 aliphatic heterocycles. The summed E-state index contributed by atoms with van der Waals surface area (Å²) < 4.78 is 3.03. The highest BCUT2D eigenvalue weighted by Gasteiger charge is 2.24. The number of nitrogens with zero attached hydrogens (tertiary/aromatic N) is 2. The van der Waals surface area contributed by atoms with Gasteiger partial charge in [-0.1, -0.05) is 29.5 Å². The lowest BCUT2D eigenvalue weighted by atomic mass is 10.1. The van der Waals surface area contributed by atoms with Crippen LogP contribution in [0.15, 0.2) is 48.5 Å². The molecule has 1 unspecified atom stereocenters. The number of benzene rings is 2. The van der Waals surface area contributed by atoms with E-state index in [4.69, 9.17) is 0 Å². The molecule has 2 aromatic carbocycles. The Kier molecular flexibility index (Phi) is 3.51. The van der Waals surface area contributed by atoms with Crippen molar-refractivity contribution in [1.29, 1.82) is 0 Å². The molecule has 0 spiro atoms. The van der Waals surface area contributed by atoms with E-state index in [0.29, 0.717) is 22.9 Å². The normalized spacial score (nSPS) is 16.3. The Hall–Kier alpha value is -3.19. The molecule has 0 fully saturated rings. The van der Waals surface area contributed by atoms with Crippen molar-refractivity contribution in [1.82, 2.24) is 14.9 Å². The Morgan fingerprint density at radius 2 is 2.11 bits per heavy atom. The monoisotopic (exact) mass is 376 g/mol. The van der Waals surface area contributed by atoms with E-state index in [1.54, 1.807) is 6.07 Å². The van der Waals surface area contributed by atoms with E-state index >= 15 is 0 Å². The topological polar surface area (TPSA) is 76.0 Å². The van der Waals surface area contributed by atoms with E-state index in [0.717, 1.165) is 21.1 Å². The minimum atomic E-state index is -0.209. The van der Waals surface area contributed by atoms with Gasteiger partial charge in [-0.3, -0.25) is 14.9 Å². The maximum atomic E-state index is 12.7. The third-order valence-corrected chi connectivity index (χ3v) is 5.80. The van der Waals surface area contributed by atoms with Gasteiger partial charge in [0.2, 0.25) is 0 Å². The van der Waals surface area contributed by atoms with Crippen LogP contribution < -0.4 is 10.6 Å². The van der Waals surface area contributed by atoms with Crippen molar-refractivity contribution in [2.75, 3.05) is 11.9 Å². The van der Waals surface area contributed by atoms with Crippen molar-refractivity contribution in [3.63, 3.8) is 0 Å². The Labute approximate surface area is 158 Å². The second-order valence-corrected chi connectivity index (χ2v) is 7.70. The SMILES string of the molecule is CC1CNC(=O)c2cc3ccc(C(=O)Nc4nc5ccccc5s4)cc3n21. The van der Waals surface area contributed by atoms with Crippen LogP contribution in [-0.4, -0.2) is 27.9 Å². The molecule has 3 heterocycles. The first-order valence-corrected chi connectivity index (χ1v) is 9.52. The molecule has 1 atom stereocenters. The van der Waals surface area contributed by atoms with Gasteiger partial charge in [-0.05, 0) is 37.3 Å². The number of fused-ring (bicyclic) bond motifs is 4. The van der Waals surface area contributed by atoms with E-state index < -0.39 is 0 Å². The van der Waals surface area contributed by atoms with Gasteiger partial charge in [-0.2, -0.15) is 0 Å². The van der Waals surface area contributed by atoms with Crippen LogP contribution in [0.25, 0.3) is 21.1 Å². The number of anilines is 1. The zero-order chi connectivity index (χ0) is 18.5. The highest BCUT2D eigenvalue weighted by atomic mass is 32.1. The summed E-state index contributed by atoms with van der Waals surface area (Å²) in [6.07, 6.45) is 0. The van der Waals surface area contributed by atoms with E-state index in [1.807, 2.05) is 47.0 Å². The van der Waals surface area contributed by atoms with Crippen molar-refractivity contribution < 1.29 is 9.59 Å². The van der Waals surface area contributed by atoms with Crippen LogP contribution in [0, 0.1) is 0 Å². The maximum Gasteiger partial charge on any atom is 0.268 e. The van der Waals surface area contributed by atoms with Gasteiger partial charge in [-0.15, -0.1) is 0 Å². The summed E-state index contributed by atoms with van der Waals surface area (Å²) in [6.45, 7) is 2.63. The number of nitrogens with one attached hydrogen (secondary N) is 2. The van der Waals surface area contributed by atoms with E-state index in [-0.39, 0.29) is 17.9 Å². The van der Waals surface area contributed by atoms with Gasteiger partial charge in [-0.25, -0.2) is 4.98 Å². The molecule has 0 radical (unpaired) electrons. The second kappa shape index (κ2) is 5.92. The van der Waals surface area contributed by atoms with E-state index in [1.165, 1.54) is 11.3 Å². The van der Waals surface area contributed by atoms with Crippen molar-refractivity contribution in [3.8, 4) is 0 Å². The molecule has 7 heteroatoms. The smallest absolute Gasteiger partial charge is 0.268 e. The van der Waals surface area contributed by atoms with Crippen molar-refractivity contribution >= 4 is 49.4 Å². The van der Waals surface area contributed by atoms with E-state index in [9.17, 15) is 9.59 Å². The largest absolute Gasteiger partial charge is 0.349 e. The molecule has 2 amide bonds. The van der Waals surface area contributed by atoms with Gasteiger partial charge in [0.25, 0.3) is 11.8 Å². The number of thiazole rings is 1. The zero-order valence-electron chi connectivity index (χ0n) is 14.5. The predicted octanol–water partition coefficient (Wildman–Crippen LogP) is 3.81. The minimum absolute atomic E-state index is 0.0789. The number of carbonyl (C=O) groups excluding carboxylic acids is 2. The van der Waals surface area contributed by atoms with Gasteiger partial charge >= 0.3 is 0 Å². The molecular formula is C20H16N4O2S. The third kappa shape index (κ3) is 2.59. The van der Waals surface area contributed by atoms with Crippen LogP contribution in [0.3, 0.4) is 0 Å². The first-order chi connectivity index (χ1) is 13.1. The van der Waals surface area contributed by atoms with Gasteiger partial charge in [0.1, 0.15) is 5.69 Å². The van der Waals surface area contributed by atoms with Crippen molar-refractivity contribution in [3.05, 3.63) is 59.8 Å². The average molecular weight is 376 g/mol. The predicted molar refractivity (Wildman–Crippen MR) is 107 cm³/mol. The number of hydrogen-bond acceptors (Lipinski definition) is 4. The van der Waals surface area contributed by atoms with Gasteiger partial charge in [0.05, 0.1) is 10.2 Å². The minimum Gasteiger partial charge on any atom is -0.349 e.